The molecule has 1 fully saturated rings. The summed E-state index contributed by atoms with van der Waals surface area (Å²) in [6.45, 7) is 4.43. The number of hydrogen-bond acceptors (Lipinski definition) is 3. The summed E-state index contributed by atoms with van der Waals surface area (Å²) in [5, 5.41) is 6.11. The maximum atomic E-state index is 10.9. The maximum Gasteiger partial charge on any atom is 0.221 e. The largest absolute Gasteiger partial charge is 0.493 e. The van der Waals surface area contributed by atoms with Crippen LogP contribution in [0.3, 0.4) is 0 Å². The second-order valence-corrected chi connectivity index (χ2v) is 4.73. The summed E-state index contributed by atoms with van der Waals surface area (Å²) in [5.41, 5.74) is 0.800. The standard InChI is InChI=1S/C14H20N2O2/c1-11(17)16-13-4-6-14(7-5-13)18-10-12-3-2-8-15-9-12/h4-7,12,15H,2-3,8-10H2,1H3,(H,16,17)/t12-/m0/s1. The van der Waals surface area contributed by atoms with Gasteiger partial charge in [-0.05, 0) is 43.7 Å². The quantitative estimate of drug-likeness (QED) is 0.857. The minimum atomic E-state index is -0.0584. The third-order valence-corrected chi connectivity index (χ3v) is 3.06. The van der Waals surface area contributed by atoms with E-state index in [0.717, 1.165) is 31.1 Å². The van der Waals surface area contributed by atoms with Gasteiger partial charge in [0.1, 0.15) is 5.75 Å². The molecule has 98 valence electrons. The number of carbonyl (C=O) groups excluding carboxylic acids is 1. The molecule has 1 aliphatic rings. The van der Waals surface area contributed by atoms with E-state index in [0.29, 0.717) is 5.92 Å². The zero-order chi connectivity index (χ0) is 12.8. The molecule has 1 atom stereocenters. The fraction of sp³-hybridized carbons (Fsp3) is 0.500. The monoisotopic (exact) mass is 248 g/mol. The summed E-state index contributed by atoms with van der Waals surface area (Å²) < 4.78 is 5.75. The lowest BCUT2D eigenvalue weighted by molar-refractivity contribution is -0.114. The molecular formula is C14H20N2O2. The summed E-state index contributed by atoms with van der Waals surface area (Å²) in [4.78, 5) is 10.9. The van der Waals surface area contributed by atoms with Gasteiger partial charge in [0, 0.05) is 25.1 Å². The zero-order valence-electron chi connectivity index (χ0n) is 10.7. The second-order valence-electron chi connectivity index (χ2n) is 4.73. The van der Waals surface area contributed by atoms with E-state index in [1.54, 1.807) is 0 Å². The van der Waals surface area contributed by atoms with Gasteiger partial charge >= 0.3 is 0 Å². The molecule has 2 rings (SSSR count). The van der Waals surface area contributed by atoms with Gasteiger partial charge in [0.15, 0.2) is 0 Å². The first-order valence-corrected chi connectivity index (χ1v) is 6.45. The number of rotatable bonds is 4. The molecule has 0 aliphatic carbocycles. The molecule has 0 unspecified atom stereocenters. The molecule has 1 saturated heterocycles. The van der Waals surface area contributed by atoms with E-state index in [9.17, 15) is 4.79 Å². The molecule has 1 aromatic carbocycles. The summed E-state index contributed by atoms with van der Waals surface area (Å²) in [6, 6.07) is 7.49. The molecule has 0 saturated carbocycles. The van der Waals surface area contributed by atoms with Crippen molar-refractivity contribution in [2.24, 2.45) is 5.92 Å². The predicted molar refractivity (Wildman–Crippen MR) is 71.8 cm³/mol. The van der Waals surface area contributed by atoms with Crippen LogP contribution >= 0.6 is 0 Å². The molecule has 0 radical (unpaired) electrons. The van der Waals surface area contributed by atoms with E-state index < -0.39 is 0 Å². The fourth-order valence-corrected chi connectivity index (χ4v) is 2.12. The van der Waals surface area contributed by atoms with Crippen molar-refractivity contribution in [3.05, 3.63) is 24.3 Å². The molecule has 0 bridgehead atoms. The van der Waals surface area contributed by atoms with Gasteiger partial charge in [0.2, 0.25) is 5.91 Å². The van der Waals surface area contributed by atoms with E-state index in [1.807, 2.05) is 24.3 Å². The molecule has 4 heteroatoms. The number of carbonyl (C=O) groups is 1. The minimum absolute atomic E-state index is 0.0584. The van der Waals surface area contributed by atoms with Crippen LogP contribution in [0.4, 0.5) is 5.69 Å². The van der Waals surface area contributed by atoms with Crippen molar-refractivity contribution in [1.29, 1.82) is 0 Å². The van der Waals surface area contributed by atoms with Gasteiger partial charge in [-0.25, -0.2) is 0 Å². The Bertz CT molecular complexity index is 383. The van der Waals surface area contributed by atoms with E-state index in [2.05, 4.69) is 10.6 Å². The number of anilines is 1. The first-order valence-electron chi connectivity index (χ1n) is 6.45. The van der Waals surface area contributed by atoms with Gasteiger partial charge in [-0.15, -0.1) is 0 Å². The lowest BCUT2D eigenvalue weighted by atomic mass is 10.0. The van der Waals surface area contributed by atoms with Crippen LogP contribution in [0.25, 0.3) is 0 Å². The third-order valence-electron chi connectivity index (χ3n) is 3.06. The Hall–Kier alpha value is -1.55. The molecule has 4 nitrogen and oxygen atoms in total. The Labute approximate surface area is 108 Å². The Balaban J connectivity index is 1.80. The van der Waals surface area contributed by atoms with Crippen molar-refractivity contribution >= 4 is 11.6 Å². The van der Waals surface area contributed by atoms with Gasteiger partial charge in [0.25, 0.3) is 0 Å². The molecule has 0 aromatic heterocycles. The molecule has 1 heterocycles. The van der Waals surface area contributed by atoms with Crippen LogP contribution in [0.15, 0.2) is 24.3 Å². The smallest absolute Gasteiger partial charge is 0.221 e. The van der Waals surface area contributed by atoms with Crippen LogP contribution in [0, 0.1) is 5.92 Å². The van der Waals surface area contributed by atoms with Gasteiger partial charge in [-0.2, -0.15) is 0 Å². The fourth-order valence-electron chi connectivity index (χ4n) is 2.12. The highest BCUT2D eigenvalue weighted by molar-refractivity contribution is 5.88. The Morgan fingerprint density at radius 1 is 1.44 bits per heavy atom. The molecule has 2 N–H and O–H groups in total. The molecule has 0 spiro atoms. The number of benzene rings is 1. The van der Waals surface area contributed by atoms with E-state index in [1.165, 1.54) is 19.8 Å². The normalized spacial score (nSPS) is 19.3. The molecule has 1 aromatic rings. The first-order chi connectivity index (χ1) is 8.74. The minimum Gasteiger partial charge on any atom is -0.493 e. The van der Waals surface area contributed by atoms with E-state index >= 15 is 0 Å². The average molecular weight is 248 g/mol. The third kappa shape index (κ3) is 4.04. The Morgan fingerprint density at radius 3 is 2.83 bits per heavy atom. The Kier molecular flexibility index (Phi) is 4.59. The SMILES string of the molecule is CC(=O)Nc1ccc(OC[C@H]2CCCNC2)cc1. The lowest BCUT2D eigenvalue weighted by Crippen LogP contribution is -2.33. The van der Waals surface area contributed by atoms with Crippen molar-refractivity contribution in [2.45, 2.75) is 19.8 Å². The zero-order valence-corrected chi connectivity index (χ0v) is 10.7. The van der Waals surface area contributed by atoms with Crippen LogP contribution < -0.4 is 15.4 Å². The van der Waals surface area contributed by atoms with Crippen molar-refractivity contribution < 1.29 is 9.53 Å². The molecule has 1 amide bonds. The number of amides is 1. The van der Waals surface area contributed by atoms with E-state index in [4.69, 9.17) is 4.74 Å². The van der Waals surface area contributed by atoms with Crippen LogP contribution in [-0.4, -0.2) is 25.6 Å². The molecule has 18 heavy (non-hydrogen) atoms. The van der Waals surface area contributed by atoms with Gasteiger partial charge in [-0.3, -0.25) is 4.79 Å². The number of nitrogens with one attached hydrogen (secondary N) is 2. The van der Waals surface area contributed by atoms with Crippen molar-refractivity contribution in [1.82, 2.24) is 5.32 Å². The van der Waals surface area contributed by atoms with Crippen LogP contribution in [-0.2, 0) is 4.79 Å². The predicted octanol–water partition coefficient (Wildman–Crippen LogP) is 2.02. The molecular weight excluding hydrogens is 228 g/mol. The van der Waals surface area contributed by atoms with E-state index in [-0.39, 0.29) is 5.91 Å². The highest BCUT2D eigenvalue weighted by Gasteiger charge is 2.13. The number of piperidine rings is 1. The highest BCUT2D eigenvalue weighted by atomic mass is 16.5. The van der Waals surface area contributed by atoms with Crippen molar-refractivity contribution in [3.8, 4) is 5.75 Å². The lowest BCUT2D eigenvalue weighted by Gasteiger charge is -2.22. The summed E-state index contributed by atoms with van der Waals surface area (Å²) in [6.07, 6.45) is 2.46. The van der Waals surface area contributed by atoms with Crippen molar-refractivity contribution in [3.63, 3.8) is 0 Å². The first kappa shape index (κ1) is 12.9. The topological polar surface area (TPSA) is 50.4 Å². The Morgan fingerprint density at radius 2 is 2.22 bits per heavy atom. The van der Waals surface area contributed by atoms with Crippen LogP contribution in [0.5, 0.6) is 5.75 Å². The summed E-state index contributed by atoms with van der Waals surface area (Å²) in [7, 11) is 0. The number of hydrogen-bond donors (Lipinski definition) is 2. The maximum absolute atomic E-state index is 10.9. The summed E-state index contributed by atoms with van der Waals surface area (Å²) in [5.74, 6) is 1.40. The molecule has 1 aliphatic heterocycles. The second kappa shape index (κ2) is 6.40. The number of ether oxygens (including phenoxy) is 1. The summed E-state index contributed by atoms with van der Waals surface area (Å²) >= 11 is 0. The van der Waals surface area contributed by atoms with Crippen molar-refractivity contribution in [2.75, 3.05) is 25.0 Å². The van der Waals surface area contributed by atoms with Gasteiger partial charge < -0.3 is 15.4 Å². The van der Waals surface area contributed by atoms with Gasteiger partial charge in [0.05, 0.1) is 6.61 Å². The van der Waals surface area contributed by atoms with Crippen LogP contribution in [0.2, 0.25) is 0 Å². The van der Waals surface area contributed by atoms with Gasteiger partial charge in [-0.1, -0.05) is 0 Å². The van der Waals surface area contributed by atoms with Crippen LogP contribution in [0.1, 0.15) is 19.8 Å². The average Bonchev–Trinajstić information content (AvgIpc) is 2.38. The highest BCUT2D eigenvalue weighted by Crippen LogP contribution is 2.18.